The first kappa shape index (κ1) is 18.9. The Balaban J connectivity index is 1.47. The Bertz CT molecular complexity index is 928. The van der Waals surface area contributed by atoms with E-state index in [1.807, 2.05) is 32.0 Å². The van der Waals surface area contributed by atoms with E-state index in [1.165, 1.54) is 23.9 Å². The van der Waals surface area contributed by atoms with E-state index >= 15 is 0 Å². The number of carbonyl (C=O) groups is 1. The van der Waals surface area contributed by atoms with Crippen LogP contribution >= 0.6 is 11.8 Å². The molecule has 0 bridgehead atoms. The van der Waals surface area contributed by atoms with Crippen LogP contribution in [0.1, 0.15) is 17.0 Å². The molecule has 2 aromatic carbocycles. The number of carbonyl (C=O) groups excluding carboxylic acids is 1. The molecular formula is C19H19FN4O2S. The molecule has 6 nitrogen and oxygen atoms in total. The van der Waals surface area contributed by atoms with Gasteiger partial charge in [-0.15, -0.1) is 10.2 Å². The lowest BCUT2D eigenvalue weighted by atomic mass is 10.1. The van der Waals surface area contributed by atoms with Crippen LogP contribution in [0.25, 0.3) is 0 Å². The zero-order valence-corrected chi connectivity index (χ0v) is 15.8. The Kier molecular flexibility index (Phi) is 6.08. The Hall–Kier alpha value is -2.87. The van der Waals surface area contributed by atoms with Crippen LogP contribution in [0.3, 0.4) is 0 Å². The fourth-order valence-corrected chi connectivity index (χ4v) is 2.96. The second-order valence-corrected chi connectivity index (χ2v) is 6.90. The van der Waals surface area contributed by atoms with Crippen molar-refractivity contribution < 1.29 is 13.6 Å². The van der Waals surface area contributed by atoms with Gasteiger partial charge < -0.3 is 15.1 Å². The number of aromatic nitrogens is 2. The molecule has 1 heterocycles. The first-order valence-electron chi connectivity index (χ1n) is 8.31. The highest BCUT2D eigenvalue weighted by atomic mass is 32.2. The smallest absolute Gasteiger partial charge is 0.277 e. The molecule has 0 aliphatic carbocycles. The van der Waals surface area contributed by atoms with Gasteiger partial charge in [0.15, 0.2) is 0 Å². The molecule has 0 aliphatic heterocycles. The average molecular weight is 386 g/mol. The third-order valence-electron chi connectivity index (χ3n) is 3.72. The lowest BCUT2D eigenvalue weighted by Gasteiger charge is -2.08. The number of amides is 1. The largest absolute Gasteiger partial charge is 0.414 e. The van der Waals surface area contributed by atoms with Crippen LogP contribution in [-0.4, -0.2) is 21.9 Å². The molecule has 0 saturated heterocycles. The van der Waals surface area contributed by atoms with Crippen LogP contribution in [0.15, 0.2) is 52.1 Å². The van der Waals surface area contributed by atoms with Crippen molar-refractivity contribution >= 4 is 29.0 Å². The van der Waals surface area contributed by atoms with E-state index < -0.39 is 0 Å². The van der Waals surface area contributed by atoms with Gasteiger partial charge in [-0.3, -0.25) is 4.79 Å². The molecule has 0 aliphatic rings. The second kappa shape index (κ2) is 8.68. The summed E-state index contributed by atoms with van der Waals surface area (Å²) in [5.41, 5.74) is 3.70. The number of aryl methyl sites for hydroxylation is 2. The SMILES string of the molecule is Cc1ccc(NC(=O)CSc2nnc(CNc3ccc(F)cc3)o2)c(C)c1. The van der Waals surface area contributed by atoms with Gasteiger partial charge >= 0.3 is 0 Å². The molecule has 1 amide bonds. The number of hydrogen-bond donors (Lipinski definition) is 2. The molecule has 3 rings (SSSR count). The molecule has 2 N–H and O–H groups in total. The normalized spacial score (nSPS) is 10.6. The summed E-state index contributed by atoms with van der Waals surface area (Å²) in [7, 11) is 0. The standard InChI is InChI=1S/C19H19FN4O2S/c1-12-3-8-16(13(2)9-12)22-17(25)11-27-19-24-23-18(26-19)10-21-15-6-4-14(20)5-7-15/h3-9,21H,10-11H2,1-2H3,(H,22,25). The lowest BCUT2D eigenvalue weighted by molar-refractivity contribution is -0.113. The molecule has 140 valence electrons. The zero-order chi connectivity index (χ0) is 19.2. The highest BCUT2D eigenvalue weighted by Crippen LogP contribution is 2.19. The minimum atomic E-state index is -0.295. The van der Waals surface area contributed by atoms with Crippen LogP contribution in [0.4, 0.5) is 15.8 Å². The molecule has 0 atom stereocenters. The minimum Gasteiger partial charge on any atom is -0.414 e. The van der Waals surface area contributed by atoms with Gasteiger partial charge in [-0.1, -0.05) is 29.5 Å². The minimum absolute atomic E-state index is 0.142. The van der Waals surface area contributed by atoms with Crippen LogP contribution < -0.4 is 10.6 Å². The number of benzene rings is 2. The van der Waals surface area contributed by atoms with Gasteiger partial charge in [-0.05, 0) is 49.7 Å². The summed E-state index contributed by atoms with van der Waals surface area (Å²) in [6.07, 6.45) is 0. The first-order chi connectivity index (χ1) is 13.0. The fourth-order valence-electron chi connectivity index (χ4n) is 2.38. The van der Waals surface area contributed by atoms with Crippen LogP contribution in [-0.2, 0) is 11.3 Å². The Morgan fingerprint density at radius 3 is 2.67 bits per heavy atom. The number of nitrogens with one attached hydrogen (secondary N) is 2. The van der Waals surface area contributed by atoms with E-state index in [0.29, 0.717) is 17.7 Å². The van der Waals surface area contributed by atoms with E-state index in [9.17, 15) is 9.18 Å². The lowest BCUT2D eigenvalue weighted by Crippen LogP contribution is -2.14. The summed E-state index contributed by atoms with van der Waals surface area (Å²) in [4.78, 5) is 12.1. The Morgan fingerprint density at radius 1 is 1.15 bits per heavy atom. The summed E-state index contributed by atoms with van der Waals surface area (Å²) in [6.45, 7) is 4.27. The van der Waals surface area contributed by atoms with E-state index in [4.69, 9.17) is 4.42 Å². The quantitative estimate of drug-likeness (QED) is 0.593. The van der Waals surface area contributed by atoms with E-state index in [0.717, 1.165) is 22.5 Å². The Labute approximate surface area is 160 Å². The number of rotatable bonds is 7. The van der Waals surface area contributed by atoms with Crippen LogP contribution in [0, 0.1) is 19.7 Å². The van der Waals surface area contributed by atoms with Crippen molar-refractivity contribution in [2.75, 3.05) is 16.4 Å². The van der Waals surface area contributed by atoms with Gasteiger partial charge in [-0.2, -0.15) is 0 Å². The van der Waals surface area contributed by atoms with E-state index in [-0.39, 0.29) is 17.5 Å². The Morgan fingerprint density at radius 2 is 1.93 bits per heavy atom. The van der Waals surface area contributed by atoms with Crippen molar-refractivity contribution in [2.45, 2.75) is 25.6 Å². The summed E-state index contributed by atoms with van der Waals surface area (Å²) in [5.74, 6) is 0.115. The second-order valence-electron chi connectivity index (χ2n) is 5.98. The summed E-state index contributed by atoms with van der Waals surface area (Å²) < 4.78 is 18.4. The topological polar surface area (TPSA) is 80.0 Å². The van der Waals surface area contributed by atoms with E-state index in [2.05, 4.69) is 20.8 Å². The summed E-state index contributed by atoms with van der Waals surface area (Å²) in [6, 6.07) is 11.8. The molecule has 1 aromatic heterocycles. The maximum Gasteiger partial charge on any atom is 0.277 e. The number of hydrogen-bond acceptors (Lipinski definition) is 6. The first-order valence-corrected chi connectivity index (χ1v) is 9.30. The average Bonchev–Trinajstić information content (AvgIpc) is 3.10. The third-order valence-corrected chi connectivity index (χ3v) is 4.54. The van der Waals surface area contributed by atoms with Crippen molar-refractivity contribution in [2.24, 2.45) is 0 Å². The highest BCUT2D eigenvalue weighted by molar-refractivity contribution is 7.99. The fraction of sp³-hybridized carbons (Fsp3) is 0.211. The van der Waals surface area contributed by atoms with Crippen molar-refractivity contribution in [3.8, 4) is 0 Å². The van der Waals surface area contributed by atoms with Crippen molar-refractivity contribution in [3.63, 3.8) is 0 Å². The van der Waals surface area contributed by atoms with Crippen molar-refractivity contribution in [1.29, 1.82) is 0 Å². The van der Waals surface area contributed by atoms with Crippen molar-refractivity contribution in [1.82, 2.24) is 10.2 Å². The summed E-state index contributed by atoms with van der Waals surface area (Å²) in [5, 5.41) is 14.1. The maximum atomic E-state index is 12.9. The van der Waals surface area contributed by atoms with Gasteiger partial charge in [0, 0.05) is 11.4 Å². The zero-order valence-electron chi connectivity index (χ0n) is 15.0. The maximum absolute atomic E-state index is 12.9. The molecular weight excluding hydrogens is 367 g/mol. The van der Waals surface area contributed by atoms with Gasteiger partial charge in [0.1, 0.15) is 5.82 Å². The number of halogens is 1. The van der Waals surface area contributed by atoms with Gasteiger partial charge in [0.05, 0.1) is 12.3 Å². The predicted molar refractivity (Wildman–Crippen MR) is 103 cm³/mol. The van der Waals surface area contributed by atoms with Crippen molar-refractivity contribution in [3.05, 3.63) is 65.3 Å². The van der Waals surface area contributed by atoms with E-state index in [1.54, 1.807) is 12.1 Å². The molecule has 0 fully saturated rings. The molecule has 27 heavy (non-hydrogen) atoms. The molecule has 0 radical (unpaired) electrons. The number of anilines is 2. The third kappa shape index (κ3) is 5.55. The van der Waals surface area contributed by atoms with Gasteiger partial charge in [0.2, 0.25) is 11.8 Å². The van der Waals surface area contributed by atoms with Gasteiger partial charge in [0.25, 0.3) is 5.22 Å². The van der Waals surface area contributed by atoms with Crippen LogP contribution in [0.5, 0.6) is 0 Å². The molecule has 0 saturated carbocycles. The van der Waals surface area contributed by atoms with Crippen LogP contribution in [0.2, 0.25) is 0 Å². The molecule has 8 heteroatoms. The predicted octanol–water partition coefficient (Wildman–Crippen LogP) is 4.17. The molecule has 0 unspecified atom stereocenters. The highest BCUT2D eigenvalue weighted by Gasteiger charge is 2.11. The molecule has 0 spiro atoms. The number of nitrogens with zero attached hydrogens (tertiary/aromatic N) is 2. The number of thioether (sulfide) groups is 1. The monoisotopic (exact) mass is 386 g/mol. The van der Waals surface area contributed by atoms with Gasteiger partial charge in [-0.25, -0.2) is 4.39 Å². The molecule has 3 aromatic rings. The summed E-state index contributed by atoms with van der Waals surface area (Å²) >= 11 is 1.17.